The molecule has 0 aliphatic carbocycles. The normalized spacial score (nSPS) is 21.5. The van der Waals surface area contributed by atoms with Gasteiger partial charge in [0.1, 0.15) is 18.1 Å². The van der Waals surface area contributed by atoms with Crippen LogP contribution in [0, 0.1) is 17.8 Å². The third kappa shape index (κ3) is 7.76. The Balaban J connectivity index is 2.99. The van der Waals surface area contributed by atoms with Crippen molar-refractivity contribution in [3.63, 3.8) is 0 Å². The molecule has 1 rings (SSSR count). The van der Waals surface area contributed by atoms with Gasteiger partial charge in [-0.15, -0.1) is 0 Å². The first-order valence-electron chi connectivity index (χ1n) is 11.9. The molecule has 1 heterocycles. The lowest BCUT2D eigenvalue weighted by Crippen LogP contribution is -2.60. The molecule has 1 fully saturated rings. The summed E-state index contributed by atoms with van der Waals surface area (Å²) in [7, 11) is 0. The molecule has 32 heavy (non-hydrogen) atoms. The Morgan fingerprint density at radius 3 is 1.66 bits per heavy atom. The van der Waals surface area contributed by atoms with E-state index in [9.17, 15) is 24.3 Å². The smallest absolute Gasteiger partial charge is 0.326 e. The highest BCUT2D eigenvalue weighted by atomic mass is 16.4. The van der Waals surface area contributed by atoms with E-state index in [-0.39, 0.29) is 29.7 Å². The Morgan fingerprint density at radius 1 is 0.812 bits per heavy atom. The summed E-state index contributed by atoms with van der Waals surface area (Å²) < 4.78 is 0. The highest BCUT2D eigenvalue weighted by Crippen LogP contribution is 2.15. The summed E-state index contributed by atoms with van der Waals surface area (Å²) in [5, 5.41) is 20.9. The predicted octanol–water partition coefficient (Wildman–Crippen LogP) is 1.42. The van der Waals surface area contributed by atoms with Crippen LogP contribution in [0.3, 0.4) is 0 Å². The molecule has 0 saturated carbocycles. The van der Waals surface area contributed by atoms with Gasteiger partial charge in [0.15, 0.2) is 0 Å². The van der Waals surface area contributed by atoms with Gasteiger partial charge in [-0.05, 0) is 37.1 Å². The van der Waals surface area contributed by atoms with Gasteiger partial charge in [0.25, 0.3) is 0 Å². The molecule has 0 spiro atoms. The Hall–Kier alpha value is -2.16. The van der Waals surface area contributed by atoms with Crippen LogP contribution in [0.1, 0.15) is 73.6 Å². The summed E-state index contributed by atoms with van der Waals surface area (Å²) in [6.07, 6.45) is 3.52. The SMILES string of the molecule is CCC(C)C(NC(=O)C(NC(=O)C(NC(=O)C1CCCN1)C(C)CC)C(C)CC)C(=O)O. The minimum absolute atomic E-state index is 0.132. The number of hydrogen-bond donors (Lipinski definition) is 5. The first kappa shape index (κ1) is 27.9. The lowest BCUT2D eigenvalue weighted by molar-refractivity contribution is -0.144. The van der Waals surface area contributed by atoms with E-state index in [0.29, 0.717) is 19.3 Å². The Kier molecular flexibility index (Phi) is 11.7. The van der Waals surface area contributed by atoms with Gasteiger partial charge in [0.2, 0.25) is 17.7 Å². The summed E-state index contributed by atoms with van der Waals surface area (Å²) >= 11 is 0. The van der Waals surface area contributed by atoms with E-state index in [0.717, 1.165) is 19.4 Å². The van der Waals surface area contributed by atoms with Crippen molar-refractivity contribution in [2.24, 2.45) is 17.8 Å². The van der Waals surface area contributed by atoms with Crippen LogP contribution in [0.25, 0.3) is 0 Å². The molecule has 3 amide bonds. The zero-order chi connectivity index (χ0) is 24.4. The van der Waals surface area contributed by atoms with E-state index >= 15 is 0 Å². The van der Waals surface area contributed by atoms with Crippen molar-refractivity contribution in [2.75, 3.05) is 6.54 Å². The molecule has 0 aromatic carbocycles. The molecular formula is C23H42N4O5. The molecule has 1 aliphatic rings. The highest BCUT2D eigenvalue weighted by molar-refractivity contribution is 5.94. The maximum Gasteiger partial charge on any atom is 0.326 e. The second kappa shape index (κ2) is 13.4. The van der Waals surface area contributed by atoms with Crippen LogP contribution in [0.4, 0.5) is 0 Å². The summed E-state index contributed by atoms with van der Waals surface area (Å²) in [6.45, 7) is 12.0. The monoisotopic (exact) mass is 454 g/mol. The second-order valence-corrected chi connectivity index (χ2v) is 9.10. The number of aliphatic carboxylic acids is 1. The molecule has 0 radical (unpaired) electrons. The van der Waals surface area contributed by atoms with Crippen LogP contribution in [0.15, 0.2) is 0 Å². The standard InChI is InChI=1S/C23H42N4O5/c1-7-13(4)17(25-20(28)16-11-10-12-24-16)21(29)26-18(14(5)8-2)22(30)27-19(23(31)32)15(6)9-3/h13-19,24H,7-12H2,1-6H3,(H,25,28)(H,26,29)(H,27,30)(H,31,32). The first-order valence-corrected chi connectivity index (χ1v) is 11.9. The maximum absolute atomic E-state index is 13.2. The van der Waals surface area contributed by atoms with Gasteiger partial charge in [-0.2, -0.15) is 0 Å². The minimum atomic E-state index is -1.10. The van der Waals surface area contributed by atoms with Crippen LogP contribution < -0.4 is 21.3 Å². The molecule has 9 heteroatoms. The van der Waals surface area contributed by atoms with Gasteiger partial charge in [0.05, 0.1) is 6.04 Å². The summed E-state index contributed by atoms with van der Waals surface area (Å²) in [5.74, 6) is -2.86. The van der Waals surface area contributed by atoms with Crippen molar-refractivity contribution >= 4 is 23.7 Å². The Bertz CT molecular complexity index is 650. The van der Waals surface area contributed by atoms with E-state index < -0.39 is 35.9 Å². The van der Waals surface area contributed by atoms with E-state index in [4.69, 9.17) is 0 Å². The van der Waals surface area contributed by atoms with Gasteiger partial charge < -0.3 is 26.4 Å². The van der Waals surface area contributed by atoms with Crippen molar-refractivity contribution in [1.29, 1.82) is 0 Å². The van der Waals surface area contributed by atoms with Crippen LogP contribution in [0.2, 0.25) is 0 Å². The zero-order valence-electron chi connectivity index (χ0n) is 20.4. The topological polar surface area (TPSA) is 137 Å². The molecule has 5 N–H and O–H groups in total. The number of nitrogens with one attached hydrogen (secondary N) is 4. The zero-order valence-corrected chi connectivity index (χ0v) is 20.4. The van der Waals surface area contributed by atoms with Crippen LogP contribution in [-0.4, -0.2) is 59.5 Å². The van der Waals surface area contributed by atoms with Gasteiger partial charge >= 0.3 is 5.97 Å². The first-order chi connectivity index (χ1) is 15.1. The number of carboxylic acid groups (broad SMARTS) is 1. The largest absolute Gasteiger partial charge is 0.480 e. The molecule has 0 aromatic heterocycles. The molecule has 7 unspecified atom stereocenters. The third-order valence-electron chi connectivity index (χ3n) is 6.74. The summed E-state index contributed by atoms with van der Waals surface area (Å²) in [6, 6.07) is -3.02. The Morgan fingerprint density at radius 2 is 1.25 bits per heavy atom. The second-order valence-electron chi connectivity index (χ2n) is 9.10. The number of carbonyl (C=O) groups excluding carboxylic acids is 3. The van der Waals surface area contributed by atoms with E-state index in [1.165, 1.54) is 0 Å². The van der Waals surface area contributed by atoms with Crippen molar-refractivity contribution in [2.45, 2.75) is 97.8 Å². The van der Waals surface area contributed by atoms with Crippen molar-refractivity contribution in [3.8, 4) is 0 Å². The molecule has 7 atom stereocenters. The molecule has 0 bridgehead atoms. The fourth-order valence-electron chi connectivity index (χ4n) is 3.74. The van der Waals surface area contributed by atoms with E-state index in [1.807, 2.05) is 34.6 Å². The molecular weight excluding hydrogens is 412 g/mol. The lowest BCUT2D eigenvalue weighted by atomic mass is 9.93. The van der Waals surface area contributed by atoms with Crippen molar-refractivity contribution in [3.05, 3.63) is 0 Å². The molecule has 1 saturated heterocycles. The van der Waals surface area contributed by atoms with Gasteiger partial charge in [0, 0.05) is 0 Å². The fraction of sp³-hybridized carbons (Fsp3) is 0.826. The predicted molar refractivity (Wildman–Crippen MR) is 123 cm³/mol. The van der Waals surface area contributed by atoms with Crippen LogP contribution >= 0.6 is 0 Å². The van der Waals surface area contributed by atoms with Crippen molar-refractivity contribution in [1.82, 2.24) is 21.3 Å². The number of carbonyl (C=O) groups is 4. The van der Waals surface area contributed by atoms with E-state index in [2.05, 4.69) is 21.3 Å². The maximum atomic E-state index is 13.2. The number of hydrogen-bond acceptors (Lipinski definition) is 5. The minimum Gasteiger partial charge on any atom is -0.480 e. The van der Waals surface area contributed by atoms with Gasteiger partial charge in [-0.1, -0.05) is 60.8 Å². The Labute approximate surface area is 191 Å². The quantitative estimate of drug-likeness (QED) is 0.285. The third-order valence-corrected chi connectivity index (χ3v) is 6.74. The number of rotatable bonds is 13. The highest BCUT2D eigenvalue weighted by Gasteiger charge is 2.35. The molecule has 0 aromatic rings. The van der Waals surface area contributed by atoms with Crippen LogP contribution in [-0.2, 0) is 19.2 Å². The fourth-order valence-corrected chi connectivity index (χ4v) is 3.74. The average Bonchev–Trinajstić information content (AvgIpc) is 3.32. The number of carboxylic acids is 1. The van der Waals surface area contributed by atoms with Gasteiger partial charge in [-0.3, -0.25) is 14.4 Å². The number of amides is 3. The lowest BCUT2D eigenvalue weighted by Gasteiger charge is -2.30. The summed E-state index contributed by atoms with van der Waals surface area (Å²) in [4.78, 5) is 50.5. The van der Waals surface area contributed by atoms with Gasteiger partial charge in [-0.25, -0.2) is 4.79 Å². The molecule has 1 aliphatic heterocycles. The molecule has 184 valence electrons. The molecule has 9 nitrogen and oxygen atoms in total. The van der Waals surface area contributed by atoms with Crippen LogP contribution in [0.5, 0.6) is 0 Å². The average molecular weight is 455 g/mol. The van der Waals surface area contributed by atoms with E-state index in [1.54, 1.807) is 6.92 Å². The summed E-state index contributed by atoms with van der Waals surface area (Å²) in [5.41, 5.74) is 0. The van der Waals surface area contributed by atoms with Crippen molar-refractivity contribution < 1.29 is 24.3 Å².